The Labute approximate surface area is 167 Å². The van der Waals surface area contributed by atoms with E-state index in [1.165, 1.54) is 12.0 Å². The molecule has 0 radical (unpaired) electrons. The molecule has 1 heterocycles. The van der Waals surface area contributed by atoms with Crippen molar-refractivity contribution in [3.8, 4) is 0 Å². The number of allylic oxidation sites excluding steroid dienone is 1. The van der Waals surface area contributed by atoms with Crippen LogP contribution in [0.3, 0.4) is 0 Å². The lowest BCUT2D eigenvalue weighted by Crippen LogP contribution is -2.37. The van der Waals surface area contributed by atoms with E-state index in [0.29, 0.717) is 11.3 Å². The van der Waals surface area contributed by atoms with Crippen LogP contribution in [0.25, 0.3) is 0 Å². The molecule has 1 aromatic carbocycles. The topological polar surface area (TPSA) is 54.4 Å². The summed E-state index contributed by atoms with van der Waals surface area (Å²) >= 11 is 3.75. The van der Waals surface area contributed by atoms with Gasteiger partial charge >= 0.3 is 0 Å². The number of sulfone groups is 1. The maximum absolute atomic E-state index is 12.6. The summed E-state index contributed by atoms with van der Waals surface area (Å²) in [4.78, 5) is 0.333. The van der Waals surface area contributed by atoms with Crippen molar-refractivity contribution < 1.29 is 13.5 Å². The van der Waals surface area contributed by atoms with E-state index in [1.54, 1.807) is 19.1 Å². The van der Waals surface area contributed by atoms with Crippen LogP contribution in [0.5, 0.6) is 0 Å². The van der Waals surface area contributed by atoms with Crippen LogP contribution in [0.2, 0.25) is 0 Å². The van der Waals surface area contributed by atoms with E-state index in [0.717, 1.165) is 17.1 Å². The summed E-state index contributed by atoms with van der Waals surface area (Å²) in [7, 11) is -3.38. The predicted octanol–water partition coefficient (Wildman–Crippen LogP) is 4.83. The highest BCUT2D eigenvalue weighted by Gasteiger charge is 2.39. The van der Waals surface area contributed by atoms with Crippen LogP contribution >= 0.6 is 23.5 Å². The van der Waals surface area contributed by atoms with Crippen LogP contribution in [0.4, 0.5) is 0 Å². The molecule has 1 unspecified atom stereocenters. The molecule has 0 spiro atoms. The SMILES string of the molecule is CC(C)=CC1(CC(C)(O)CCS(=O)(=O)c2ccc(C)cc2)SCCCS1. The summed E-state index contributed by atoms with van der Waals surface area (Å²) in [6.45, 7) is 7.86. The first-order chi connectivity index (χ1) is 12.0. The molecule has 0 aromatic heterocycles. The maximum atomic E-state index is 12.6. The van der Waals surface area contributed by atoms with Crippen LogP contribution in [-0.4, -0.2) is 40.5 Å². The van der Waals surface area contributed by atoms with E-state index in [1.807, 2.05) is 42.6 Å². The van der Waals surface area contributed by atoms with Crippen LogP contribution < -0.4 is 0 Å². The van der Waals surface area contributed by atoms with Crippen LogP contribution in [0.15, 0.2) is 40.8 Å². The molecule has 1 aliphatic heterocycles. The van der Waals surface area contributed by atoms with Crippen molar-refractivity contribution in [3.05, 3.63) is 41.5 Å². The van der Waals surface area contributed by atoms with Gasteiger partial charge in [-0.25, -0.2) is 8.42 Å². The number of rotatable bonds is 7. The monoisotopic (exact) mass is 414 g/mol. The molecule has 0 aliphatic carbocycles. The normalized spacial score (nSPS) is 19.6. The van der Waals surface area contributed by atoms with Gasteiger partial charge in [-0.15, -0.1) is 23.5 Å². The third-order valence-electron chi connectivity index (χ3n) is 4.41. The third kappa shape index (κ3) is 6.32. The van der Waals surface area contributed by atoms with Crippen molar-refractivity contribution >= 4 is 33.4 Å². The molecule has 1 saturated heterocycles. The summed E-state index contributed by atoms with van der Waals surface area (Å²) in [5.41, 5.74) is 1.24. The number of thioether (sulfide) groups is 2. The Kier molecular flexibility index (Phi) is 7.33. The van der Waals surface area contributed by atoms with Crippen molar-refractivity contribution in [1.29, 1.82) is 0 Å². The highest BCUT2D eigenvalue weighted by atomic mass is 32.2. The second-order valence-electron chi connectivity index (χ2n) is 7.64. The van der Waals surface area contributed by atoms with Gasteiger partial charge in [0.05, 0.1) is 20.3 Å². The minimum atomic E-state index is -3.38. The Morgan fingerprint density at radius 3 is 2.35 bits per heavy atom. The molecular formula is C20H30O3S3. The molecule has 1 aromatic rings. The number of benzene rings is 1. The molecule has 0 bridgehead atoms. The zero-order valence-corrected chi connectivity index (χ0v) is 18.6. The fourth-order valence-corrected chi connectivity index (χ4v) is 8.35. The molecule has 0 amide bonds. The van der Waals surface area contributed by atoms with Gasteiger partial charge in [0.15, 0.2) is 9.84 Å². The molecule has 146 valence electrons. The van der Waals surface area contributed by atoms with Gasteiger partial charge in [0.25, 0.3) is 0 Å². The standard InChI is InChI=1S/C20H30O3S3/c1-16(2)14-20(24-11-5-12-25-20)15-19(4,21)10-13-26(22,23)18-8-6-17(3)7-9-18/h6-9,14,21H,5,10-13,15H2,1-4H3. The van der Waals surface area contributed by atoms with Crippen LogP contribution in [-0.2, 0) is 9.84 Å². The molecule has 26 heavy (non-hydrogen) atoms. The van der Waals surface area contributed by atoms with Crippen molar-refractivity contribution in [1.82, 2.24) is 0 Å². The fourth-order valence-electron chi connectivity index (χ4n) is 3.10. The summed E-state index contributed by atoms with van der Waals surface area (Å²) in [5, 5.41) is 11.0. The zero-order chi connectivity index (χ0) is 19.4. The molecule has 1 N–H and O–H groups in total. The lowest BCUT2D eigenvalue weighted by molar-refractivity contribution is 0.0478. The van der Waals surface area contributed by atoms with E-state index in [9.17, 15) is 13.5 Å². The second-order valence-corrected chi connectivity index (χ2v) is 12.9. The van der Waals surface area contributed by atoms with Gasteiger partial charge in [0, 0.05) is 6.42 Å². The maximum Gasteiger partial charge on any atom is 0.178 e. The van der Waals surface area contributed by atoms with Gasteiger partial charge in [0.2, 0.25) is 0 Å². The molecule has 1 aliphatic rings. The number of aliphatic hydroxyl groups is 1. The van der Waals surface area contributed by atoms with Crippen molar-refractivity contribution in [2.45, 2.75) is 61.5 Å². The Bertz CT molecular complexity index is 724. The summed E-state index contributed by atoms with van der Waals surface area (Å²) in [6.07, 6.45) is 4.22. The molecular weight excluding hydrogens is 384 g/mol. The first-order valence-corrected chi connectivity index (χ1v) is 12.6. The predicted molar refractivity (Wildman–Crippen MR) is 115 cm³/mol. The summed E-state index contributed by atoms with van der Waals surface area (Å²) in [6, 6.07) is 6.92. The van der Waals surface area contributed by atoms with E-state index in [2.05, 4.69) is 19.9 Å². The summed E-state index contributed by atoms with van der Waals surface area (Å²) in [5.74, 6) is 2.12. The van der Waals surface area contributed by atoms with Crippen LogP contribution in [0, 0.1) is 6.92 Å². The Hall–Kier alpha value is -0.430. The fraction of sp³-hybridized carbons (Fsp3) is 0.600. The van der Waals surface area contributed by atoms with E-state index >= 15 is 0 Å². The lowest BCUT2D eigenvalue weighted by atomic mass is 9.96. The van der Waals surface area contributed by atoms with Crippen molar-refractivity contribution in [2.75, 3.05) is 17.3 Å². The van der Waals surface area contributed by atoms with Gasteiger partial charge in [-0.1, -0.05) is 29.3 Å². The second kappa shape index (κ2) is 8.72. The molecule has 1 fully saturated rings. The average molecular weight is 415 g/mol. The zero-order valence-electron chi connectivity index (χ0n) is 16.1. The average Bonchev–Trinajstić information content (AvgIpc) is 2.53. The smallest absolute Gasteiger partial charge is 0.178 e. The third-order valence-corrected chi connectivity index (χ3v) is 9.33. The van der Waals surface area contributed by atoms with E-state index < -0.39 is 15.4 Å². The van der Waals surface area contributed by atoms with Gasteiger partial charge in [-0.05, 0) is 64.2 Å². The van der Waals surface area contributed by atoms with Crippen LogP contribution in [0.1, 0.15) is 45.6 Å². The first-order valence-electron chi connectivity index (χ1n) is 8.99. The molecule has 3 nitrogen and oxygen atoms in total. The van der Waals surface area contributed by atoms with Crippen molar-refractivity contribution in [3.63, 3.8) is 0 Å². The first kappa shape index (κ1) is 21.9. The number of hydrogen-bond acceptors (Lipinski definition) is 5. The van der Waals surface area contributed by atoms with E-state index in [4.69, 9.17) is 0 Å². The molecule has 1 atom stereocenters. The number of hydrogen-bond donors (Lipinski definition) is 1. The van der Waals surface area contributed by atoms with Gasteiger partial charge in [-0.3, -0.25) is 0 Å². The Balaban J connectivity index is 2.09. The van der Waals surface area contributed by atoms with E-state index in [-0.39, 0.29) is 16.3 Å². The van der Waals surface area contributed by atoms with Gasteiger partial charge < -0.3 is 5.11 Å². The quantitative estimate of drug-likeness (QED) is 0.648. The Morgan fingerprint density at radius 2 is 1.81 bits per heavy atom. The minimum absolute atomic E-state index is 0.0384. The molecule has 0 saturated carbocycles. The Morgan fingerprint density at radius 1 is 1.23 bits per heavy atom. The summed E-state index contributed by atoms with van der Waals surface area (Å²) < 4.78 is 25.1. The molecule has 2 rings (SSSR count). The molecule has 6 heteroatoms. The highest BCUT2D eigenvalue weighted by Crippen LogP contribution is 2.49. The van der Waals surface area contributed by atoms with Crippen molar-refractivity contribution in [2.24, 2.45) is 0 Å². The highest BCUT2D eigenvalue weighted by molar-refractivity contribution is 8.19. The number of aryl methyl sites for hydroxylation is 1. The van der Waals surface area contributed by atoms with Gasteiger partial charge in [0.1, 0.15) is 0 Å². The largest absolute Gasteiger partial charge is 0.390 e. The lowest BCUT2D eigenvalue weighted by Gasteiger charge is -2.39. The minimum Gasteiger partial charge on any atom is -0.390 e. The van der Waals surface area contributed by atoms with Gasteiger partial charge in [-0.2, -0.15) is 0 Å².